The Balaban J connectivity index is 1.35. The van der Waals surface area contributed by atoms with Gasteiger partial charge in [-0.05, 0) is 83.0 Å². The van der Waals surface area contributed by atoms with Crippen molar-refractivity contribution in [3.8, 4) is 0 Å². The molecule has 4 aliphatic carbocycles. The molecule has 0 N–H and O–H groups in total. The molecule has 4 aromatic carbocycles. The van der Waals surface area contributed by atoms with Crippen molar-refractivity contribution >= 4 is 0 Å². The van der Waals surface area contributed by atoms with Gasteiger partial charge in [0.15, 0.2) is 0 Å². The first-order valence-corrected chi connectivity index (χ1v) is 12.1. The van der Waals surface area contributed by atoms with Crippen LogP contribution in [0.25, 0.3) is 0 Å². The predicted octanol–water partition coefficient (Wildman–Crippen LogP) is 7.51. The first-order valence-electron chi connectivity index (χ1n) is 12.1. The summed E-state index contributed by atoms with van der Waals surface area (Å²) in [6, 6.07) is 36.6. The zero-order valence-corrected chi connectivity index (χ0v) is 19.1. The Morgan fingerprint density at radius 3 is 1.81 bits per heavy atom. The molecule has 0 amide bonds. The van der Waals surface area contributed by atoms with Gasteiger partial charge in [0.05, 0.1) is 0 Å². The van der Waals surface area contributed by atoms with Gasteiger partial charge in [0.1, 0.15) is 0 Å². The Morgan fingerprint density at radius 2 is 1.12 bits per heavy atom. The van der Waals surface area contributed by atoms with E-state index >= 15 is 0 Å². The first-order chi connectivity index (χ1) is 15.7. The summed E-state index contributed by atoms with van der Waals surface area (Å²) in [5.74, 6) is 0.414. The number of hydrogen-bond donors (Lipinski definition) is 0. The van der Waals surface area contributed by atoms with E-state index in [-0.39, 0.29) is 0 Å². The molecule has 0 heteroatoms. The van der Waals surface area contributed by atoms with E-state index in [9.17, 15) is 0 Å². The second-order valence-corrected chi connectivity index (χ2v) is 9.30. The molecule has 4 aliphatic rings. The highest BCUT2D eigenvalue weighted by atomic mass is 14.2. The molecule has 0 nitrogen and oxygen atoms in total. The highest BCUT2D eigenvalue weighted by molar-refractivity contribution is 5.42. The first kappa shape index (κ1) is 20.8. The highest BCUT2D eigenvalue weighted by Crippen LogP contribution is 2.30. The lowest BCUT2D eigenvalue weighted by Gasteiger charge is -2.20. The summed E-state index contributed by atoms with van der Waals surface area (Å²) in [6.07, 6.45) is 6.63. The molecule has 1 atom stereocenters. The fourth-order valence-corrected chi connectivity index (χ4v) is 4.96. The van der Waals surface area contributed by atoms with Crippen LogP contribution >= 0.6 is 0 Å². The number of aryl methyl sites for hydroxylation is 6. The van der Waals surface area contributed by atoms with Gasteiger partial charge < -0.3 is 0 Å². The topological polar surface area (TPSA) is 0 Å². The van der Waals surface area contributed by atoms with Gasteiger partial charge in [-0.15, -0.1) is 0 Å². The van der Waals surface area contributed by atoms with Crippen LogP contribution in [0.15, 0.2) is 97.1 Å². The molecule has 8 rings (SSSR count). The summed E-state index contributed by atoms with van der Waals surface area (Å²) in [5.41, 5.74) is 11.6. The average molecular weight is 417 g/mol. The summed E-state index contributed by atoms with van der Waals surface area (Å²) in [7, 11) is 0. The lowest BCUT2D eigenvalue weighted by atomic mass is 9.85. The van der Waals surface area contributed by atoms with Gasteiger partial charge in [-0.2, -0.15) is 0 Å². The fraction of sp³-hybridized carbons (Fsp3) is 0.250. The second-order valence-electron chi connectivity index (χ2n) is 9.30. The third-order valence-corrected chi connectivity index (χ3v) is 7.11. The Hall–Kier alpha value is -3.12. The average Bonchev–Trinajstić information content (AvgIpc) is 2.85. The minimum Gasteiger partial charge on any atom is -0.0622 e. The molecular weight excluding hydrogens is 384 g/mol. The molecule has 0 saturated carbocycles. The zero-order valence-electron chi connectivity index (χ0n) is 19.1. The quantitative estimate of drug-likeness (QED) is 0.316. The largest absolute Gasteiger partial charge is 0.0622 e. The van der Waals surface area contributed by atoms with E-state index in [4.69, 9.17) is 0 Å². The van der Waals surface area contributed by atoms with Crippen LogP contribution in [0.4, 0.5) is 0 Å². The predicted molar refractivity (Wildman–Crippen MR) is 136 cm³/mol. The zero-order chi connectivity index (χ0) is 21.8. The summed E-state index contributed by atoms with van der Waals surface area (Å²) in [5, 5.41) is 0. The van der Waals surface area contributed by atoms with Gasteiger partial charge in [-0.1, -0.05) is 104 Å². The van der Waals surface area contributed by atoms with Crippen molar-refractivity contribution < 1.29 is 0 Å². The lowest BCUT2D eigenvalue weighted by Crippen LogP contribution is -2.06. The maximum Gasteiger partial charge on any atom is 0.00638 e. The SMILES string of the molecule is CC(c1ccc(CCc2ccccc2)cc1)c1cc2ccc1CCc1ccc(cc1)CC2. The molecule has 4 aromatic rings. The van der Waals surface area contributed by atoms with Crippen LogP contribution in [0.3, 0.4) is 0 Å². The van der Waals surface area contributed by atoms with Crippen molar-refractivity contribution in [3.05, 3.63) is 142 Å². The number of rotatable bonds is 5. The van der Waals surface area contributed by atoms with Crippen LogP contribution in [0.5, 0.6) is 0 Å². The van der Waals surface area contributed by atoms with Crippen LogP contribution in [0.1, 0.15) is 57.3 Å². The van der Waals surface area contributed by atoms with Crippen molar-refractivity contribution in [2.24, 2.45) is 0 Å². The summed E-state index contributed by atoms with van der Waals surface area (Å²) in [4.78, 5) is 0. The third-order valence-electron chi connectivity index (χ3n) is 7.11. The van der Waals surface area contributed by atoms with E-state index in [2.05, 4.69) is 104 Å². The molecule has 1 unspecified atom stereocenters. The maximum atomic E-state index is 2.48. The summed E-state index contributed by atoms with van der Waals surface area (Å²) in [6.45, 7) is 2.38. The van der Waals surface area contributed by atoms with Crippen molar-refractivity contribution in [3.63, 3.8) is 0 Å². The summed E-state index contributed by atoms with van der Waals surface area (Å²) < 4.78 is 0. The Labute approximate surface area is 193 Å². The molecule has 160 valence electrons. The standard InChI is InChI=1S/C32H32/c1-24(30-19-15-28(16-20-30)8-7-25-5-3-2-4-6-25)32-23-29-14-13-26-9-11-27(12-10-26)17-21-31(32)22-18-29/h2-6,9-12,15-16,18-20,22-24H,7-8,13-14,17,21H2,1H3. The molecule has 0 saturated heterocycles. The Kier molecular flexibility index (Phi) is 6.21. The van der Waals surface area contributed by atoms with Gasteiger partial charge in [0, 0.05) is 5.92 Å². The molecule has 0 aromatic heterocycles. The maximum absolute atomic E-state index is 2.48. The summed E-state index contributed by atoms with van der Waals surface area (Å²) >= 11 is 0. The third kappa shape index (κ3) is 4.86. The smallest absolute Gasteiger partial charge is 0.00638 e. The molecule has 32 heavy (non-hydrogen) atoms. The van der Waals surface area contributed by atoms with Crippen molar-refractivity contribution in [2.75, 3.05) is 0 Å². The van der Waals surface area contributed by atoms with Gasteiger partial charge in [-0.3, -0.25) is 0 Å². The van der Waals surface area contributed by atoms with Crippen LogP contribution in [-0.4, -0.2) is 0 Å². The molecule has 0 spiro atoms. The van der Waals surface area contributed by atoms with Gasteiger partial charge >= 0.3 is 0 Å². The Bertz CT molecular complexity index is 1150. The van der Waals surface area contributed by atoms with Crippen molar-refractivity contribution in [1.29, 1.82) is 0 Å². The van der Waals surface area contributed by atoms with Crippen LogP contribution in [0.2, 0.25) is 0 Å². The van der Waals surface area contributed by atoms with E-state index in [0.717, 1.165) is 38.5 Å². The normalized spacial score (nSPS) is 14.0. The minimum absolute atomic E-state index is 0.414. The van der Waals surface area contributed by atoms with E-state index in [1.807, 2.05) is 0 Å². The van der Waals surface area contributed by atoms with Crippen molar-refractivity contribution in [1.82, 2.24) is 0 Å². The number of benzene rings is 4. The van der Waals surface area contributed by atoms with E-state index in [1.165, 1.54) is 44.5 Å². The van der Waals surface area contributed by atoms with E-state index in [1.54, 1.807) is 0 Å². The minimum atomic E-state index is 0.414. The van der Waals surface area contributed by atoms with Crippen molar-refractivity contribution in [2.45, 2.75) is 51.4 Å². The van der Waals surface area contributed by atoms with E-state index in [0.29, 0.717) is 5.92 Å². The van der Waals surface area contributed by atoms with Gasteiger partial charge in [-0.25, -0.2) is 0 Å². The van der Waals surface area contributed by atoms with Crippen LogP contribution < -0.4 is 0 Å². The second kappa shape index (κ2) is 9.57. The molecule has 0 fully saturated rings. The molecule has 0 radical (unpaired) electrons. The lowest BCUT2D eigenvalue weighted by molar-refractivity contribution is 0.849. The number of hydrogen-bond acceptors (Lipinski definition) is 0. The van der Waals surface area contributed by atoms with Crippen LogP contribution in [0, 0.1) is 0 Å². The molecule has 4 bridgehead atoms. The fourth-order valence-electron chi connectivity index (χ4n) is 4.96. The molecule has 0 aliphatic heterocycles. The van der Waals surface area contributed by atoms with E-state index < -0.39 is 0 Å². The molecule has 0 heterocycles. The monoisotopic (exact) mass is 416 g/mol. The van der Waals surface area contributed by atoms with Gasteiger partial charge in [0.25, 0.3) is 0 Å². The Morgan fingerprint density at radius 1 is 0.562 bits per heavy atom. The molecular formula is C32H32. The van der Waals surface area contributed by atoms with Crippen LogP contribution in [-0.2, 0) is 38.5 Å². The van der Waals surface area contributed by atoms with Gasteiger partial charge in [0.2, 0.25) is 0 Å². The highest BCUT2D eigenvalue weighted by Gasteiger charge is 2.15.